The number of H-pyrrole nitrogens is 1. The summed E-state index contributed by atoms with van der Waals surface area (Å²) in [6.45, 7) is 3.55. The summed E-state index contributed by atoms with van der Waals surface area (Å²) in [4.78, 5) is 6.67. The monoisotopic (exact) mass is 359 g/mol. The van der Waals surface area contributed by atoms with Gasteiger partial charge < -0.3 is 4.90 Å². The molecule has 1 aliphatic heterocycles. The maximum Gasteiger partial charge on any atom is 0.221 e. The van der Waals surface area contributed by atoms with Crippen LogP contribution in [0.25, 0.3) is 10.7 Å². The smallest absolute Gasteiger partial charge is 0.221 e. The highest BCUT2D eigenvalue weighted by atomic mass is 32.2. The molecule has 9 heteroatoms. The van der Waals surface area contributed by atoms with Crippen molar-refractivity contribution in [1.82, 2.24) is 14.8 Å². The van der Waals surface area contributed by atoms with Crippen LogP contribution in [-0.2, 0) is 16.5 Å². The molecule has 3 rings (SSSR count). The molecule has 6 nitrogen and oxygen atoms in total. The number of aromatic nitrogens is 3. The number of thiophene rings is 1. The van der Waals surface area contributed by atoms with Crippen molar-refractivity contribution in [2.45, 2.75) is 26.1 Å². The second-order valence-corrected chi connectivity index (χ2v) is 9.07. The molecule has 0 saturated carbocycles. The largest absolute Gasteiger partial charge is 0.313 e. The summed E-state index contributed by atoms with van der Waals surface area (Å²) in [5.41, 5.74) is 0. The molecule has 2 aromatic rings. The summed E-state index contributed by atoms with van der Waals surface area (Å²) in [7, 11) is -2.86. The van der Waals surface area contributed by atoms with Crippen LogP contribution >= 0.6 is 23.6 Å². The van der Waals surface area contributed by atoms with Crippen molar-refractivity contribution in [3.8, 4) is 10.7 Å². The minimum Gasteiger partial charge on any atom is -0.313 e. The van der Waals surface area contributed by atoms with E-state index in [1.54, 1.807) is 11.3 Å². The normalized spacial score (nSPS) is 22.0. The van der Waals surface area contributed by atoms with E-state index < -0.39 is 9.84 Å². The highest BCUT2D eigenvalue weighted by molar-refractivity contribution is 7.91. The van der Waals surface area contributed by atoms with Crippen LogP contribution in [-0.4, -0.2) is 47.3 Å². The molecule has 0 amide bonds. The van der Waals surface area contributed by atoms with E-state index in [9.17, 15) is 8.42 Å². The first-order valence-electron chi connectivity index (χ1n) is 7.24. The lowest BCUT2D eigenvalue weighted by molar-refractivity contribution is -0.943. The second kappa shape index (κ2) is 6.23. The molecule has 22 heavy (non-hydrogen) atoms. The van der Waals surface area contributed by atoms with Crippen LogP contribution in [0.2, 0.25) is 0 Å². The molecule has 0 radical (unpaired) electrons. The molecular weight excluding hydrogens is 340 g/mol. The predicted molar refractivity (Wildman–Crippen MR) is 89.3 cm³/mol. The third-order valence-corrected chi connectivity index (χ3v) is 7.02. The zero-order valence-corrected chi connectivity index (χ0v) is 14.7. The number of sulfone groups is 1. The van der Waals surface area contributed by atoms with Gasteiger partial charge in [0.05, 0.1) is 17.2 Å². The molecule has 2 N–H and O–H groups in total. The standard InChI is InChI=1S/C13H18N4O2S3/c1-2-16(10-5-7-22(18,19)8-10)9-17-13(20)14-12(15-17)11-4-3-6-21-11/h3-4,6,10H,2,5,7-9H2,1H3,(H,14,15,20)/p+1/t10-/m0/s1. The van der Waals surface area contributed by atoms with Gasteiger partial charge in [-0.1, -0.05) is 6.07 Å². The summed E-state index contributed by atoms with van der Waals surface area (Å²) in [5, 5.41) is 5.23. The van der Waals surface area contributed by atoms with Crippen molar-refractivity contribution in [1.29, 1.82) is 0 Å². The number of hydrogen-bond acceptors (Lipinski definition) is 5. The van der Waals surface area contributed by atoms with E-state index in [2.05, 4.69) is 17.0 Å². The minimum atomic E-state index is -2.86. The highest BCUT2D eigenvalue weighted by Crippen LogP contribution is 2.20. The number of nitrogens with one attached hydrogen (secondary N) is 2. The fourth-order valence-electron chi connectivity index (χ4n) is 2.84. The minimum absolute atomic E-state index is 0.144. The van der Waals surface area contributed by atoms with Gasteiger partial charge in [0, 0.05) is 6.42 Å². The molecule has 0 spiro atoms. The third-order valence-electron chi connectivity index (χ3n) is 4.06. The van der Waals surface area contributed by atoms with E-state index in [1.807, 2.05) is 22.2 Å². The SMILES string of the molecule is CC[NH+](Cn1[nH]c(-c2cccs2)nc1=S)[C@H]1CCS(=O)(=O)C1. The van der Waals surface area contributed by atoms with Gasteiger partial charge in [0.2, 0.25) is 4.77 Å². The molecule has 1 aliphatic rings. The Hall–Kier alpha value is -1.03. The Morgan fingerprint density at radius 3 is 3.00 bits per heavy atom. The quantitative estimate of drug-likeness (QED) is 0.772. The fraction of sp³-hybridized carbons (Fsp3) is 0.538. The van der Waals surface area contributed by atoms with Gasteiger partial charge in [-0.2, -0.15) is 4.98 Å². The van der Waals surface area contributed by atoms with Crippen LogP contribution in [0.15, 0.2) is 17.5 Å². The van der Waals surface area contributed by atoms with Gasteiger partial charge in [-0.15, -0.1) is 11.3 Å². The van der Waals surface area contributed by atoms with Gasteiger partial charge >= 0.3 is 0 Å². The van der Waals surface area contributed by atoms with E-state index in [0.717, 1.165) is 23.7 Å². The predicted octanol–water partition coefficient (Wildman–Crippen LogP) is 0.719. The van der Waals surface area contributed by atoms with Gasteiger partial charge in [-0.3, -0.25) is 5.10 Å². The van der Waals surface area contributed by atoms with Crippen molar-refractivity contribution in [2.24, 2.45) is 0 Å². The van der Waals surface area contributed by atoms with Crippen LogP contribution < -0.4 is 4.90 Å². The van der Waals surface area contributed by atoms with Crippen LogP contribution in [0.5, 0.6) is 0 Å². The highest BCUT2D eigenvalue weighted by Gasteiger charge is 2.34. The van der Waals surface area contributed by atoms with Crippen LogP contribution in [0.4, 0.5) is 0 Å². The number of rotatable bonds is 5. The molecule has 3 heterocycles. The molecule has 1 unspecified atom stereocenters. The molecule has 0 aliphatic carbocycles. The molecule has 1 fully saturated rings. The average molecular weight is 360 g/mol. The van der Waals surface area contributed by atoms with Gasteiger partial charge in [0.15, 0.2) is 22.3 Å². The average Bonchev–Trinajstić information content (AvgIpc) is 3.17. The molecule has 0 aromatic carbocycles. The van der Waals surface area contributed by atoms with Gasteiger partial charge in [0.1, 0.15) is 11.8 Å². The van der Waals surface area contributed by atoms with Gasteiger partial charge in [0.25, 0.3) is 0 Å². The van der Waals surface area contributed by atoms with Gasteiger partial charge in [-0.25, -0.2) is 13.1 Å². The second-order valence-electron chi connectivity index (χ2n) is 5.53. The van der Waals surface area contributed by atoms with Crippen LogP contribution in [0.1, 0.15) is 13.3 Å². The summed E-state index contributed by atoms with van der Waals surface area (Å²) in [6, 6.07) is 4.12. The summed E-state index contributed by atoms with van der Waals surface area (Å²) in [5.74, 6) is 1.35. The number of nitrogens with zero attached hydrogens (tertiary/aromatic N) is 2. The Balaban J connectivity index is 1.78. The van der Waals surface area contributed by atoms with Crippen molar-refractivity contribution in [3.63, 3.8) is 0 Å². The van der Waals surface area contributed by atoms with Crippen LogP contribution in [0, 0.1) is 4.77 Å². The maximum atomic E-state index is 11.7. The summed E-state index contributed by atoms with van der Waals surface area (Å²) < 4.78 is 25.7. The molecule has 2 atom stereocenters. The molecule has 1 saturated heterocycles. The lowest BCUT2D eigenvalue weighted by Gasteiger charge is -2.23. The molecule has 2 aromatic heterocycles. The van der Waals surface area contributed by atoms with Gasteiger partial charge in [-0.05, 0) is 30.6 Å². The zero-order chi connectivity index (χ0) is 15.7. The van der Waals surface area contributed by atoms with E-state index in [1.165, 1.54) is 4.90 Å². The topological polar surface area (TPSA) is 72.2 Å². The first-order valence-corrected chi connectivity index (χ1v) is 10.3. The van der Waals surface area contributed by atoms with E-state index >= 15 is 0 Å². The first-order chi connectivity index (χ1) is 10.5. The molecule has 0 bridgehead atoms. The third kappa shape index (κ3) is 3.32. The Kier molecular flexibility index (Phi) is 4.49. The van der Waals surface area contributed by atoms with Crippen LogP contribution in [0.3, 0.4) is 0 Å². The Morgan fingerprint density at radius 2 is 2.41 bits per heavy atom. The van der Waals surface area contributed by atoms with E-state index in [0.29, 0.717) is 17.2 Å². The fourth-order valence-corrected chi connectivity index (χ4v) is 5.53. The summed E-state index contributed by atoms with van der Waals surface area (Å²) in [6.07, 6.45) is 0.727. The Morgan fingerprint density at radius 1 is 1.59 bits per heavy atom. The summed E-state index contributed by atoms with van der Waals surface area (Å²) >= 11 is 6.93. The Bertz CT molecular complexity index is 792. The van der Waals surface area contributed by atoms with E-state index in [-0.39, 0.29) is 11.8 Å². The number of hydrogen-bond donors (Lipinski definition) is 2. The first kappa shape index (κ1) is 15.9. The van der Waals surface area contributed by atoms with Crippen molar-refractivity contribution < 1.29 is 13.3 Å². The zero-order valence-electron chi connectivity index (χ0n) is 12.3. The lowest BCUT2D eigenvalue weighted by atomic mass is 10.2. The number of aromatic amines is 1. The van der Waals surface area contributed by atoms with Crippen molar-refractivity contribution in [3.05, 3.63) is 22.3 Å². The molecular formula is C13H19N4O2S3+. The number of quaternary nitrogens is 1. The lowest BCUT2D eigenvalue weighted by Crippen LogP contribution is -3.15. The molecule has 120 valence electrons. The van der Waals surface area contributed by atoms with E-state index in [4.69, 9.17) is 12.2 Å². The van der Waals surface area contributed by atoms with Crippen molar-refractivity contribution in [2.75, 3.05) is 18.1 Å². The van der Waals surface area contributed by atoms with Crippen molar-refractivity contribution >= 4 is 33.4 Å². The Labute approximate surface area is 138 Å². The maximum absolute atomic E-state index is 11.7.